The highest BCUT2D eigenvalue weighted by Crippen LogP contribution is 2.28. The second kappa shape index (κ2) is 7.20. The Morgan fingerprint density at radius 3 is 2.52 bits per heavy atom. The Kier molecular flexibility index (Phi) is 5.07. The van der Waals surface area contributed by atoms with Gasteiger partial charge in [-0.2, -0.15) is 5.26 Å². The molecule has 0 unspecified atom stereocenters. The predicted molar refractivity (Wildman–Crippen MR) is 83.9 cm³/mol. The van der Waals surface area contributed by atoms with Crippen molar-refractivity contribution < 1.29 is 14.5 Å². The van der Waals surface area contributed by atoms with E-state index < -0.39 is 10.9 Å². The Morgan fingerprint density at radius 2 is 1.96 bits per heavy atom. The molecular formula is C16H9ClN2O4. The number of carbonyl (C=O) groups is 1. The third-order valence-electron chi connectivity index (χ3n) is 2.79. The van der Waals surface area contributed by atoms with Gasteiger partial charge in [-0.3, -0.25) is 10.1 Å². The Balaban J connectivity index is 2.05. The van der Waals surface area contributed by atoms with Gasteiger partial charge in [-0.1, -0.05) is 23.7 Å². The lowest BCUT2D eigenvalue weighted by Gasteiger charge is -2.03. The molecule has 6 nitrogen and oxygen atoms in total. The summed E-state index contributed by atoms with van der Waals surface area (Å²) in [6.07, 6.45) is 2.71. The molecule has 0 fully saturated rings. The van der Waals surface area contributed by atoms with Gasteiger partial charge in [0.25, 0.3) is 5.69 Å². The number of hydrogen-bond acceptors (Lipinski definition) is 5. The van der Waals surface area contributed by atoms with Crippen molar-refractivity contribution >= 4 is 29.3 Å². The van der Waals surface area contributed by atoms with Gasteiger partial charge in [0.15, 0.2) is 0 Å². The van der Waals surface area contributed by atoms with Crippen LogP contribution < -0.4 is 4.74 Å². The van der Waals surface area contributed by atoms with Gasteiger partial charge in [0.2, 0.25) is 0 Å². The number of esters is 1. The minimum Gasteiger partial charge on any atom is -0.422 e. The number of non-ortho nitro benzene ring substituents is 1. The lowest BCUT2D eigenvalue weighted by Crippen LogP contribution is -2.04. The van der Waals surface area contributed by atoms with Crippen molar-refractivity contribution in [2.24, 2.45) is 0 Å². The van der Waals surface area contributed by atoms with Crippen LogP contribution in [-0.2, 0) is 4.79 Å². The van der Waals surface area contributed by atoms with Crippen molar-refractivity contribution in [1.82, 2.24) is 0 Å². The van der Waals surface area contributed by atoms with Crippen LogP contribution >= 0.6 is 11.6 Å². The molecule has 0 heterocycles. The predicted octanol–water partition coefficient (Wildman–Crippen LogP) is 3.74. The van der Waals surface area contributed by atoms with Crippen LogP contribution in [0.4, 0.5) is 5.69 Å². The largest absolute Gasteiger partial charge is 0.422 e. The normalized spacial score (nSPS) is 10.3. The van der Waals surface area contributed by atoms with E-state index in [2.05, 4.69) is 0 Å². The van der Waals surface area contributed by atoms with Crippen molar-refractivity contribution in [3.8, 4) is 11.8 Å². The number of rotatable bonds is 4. The molecule has 114 valence electrons. The first-order valence-corrected chi connectivity index (χ1v) is 6.71. The van der Waals surface area contributed by atoms with Crippen LogP contribution in [0.3, 0.4) is 0 Å². The first-order valence-electron chi connectivity index (χ1n) is 6.33. The molecule has 7 heteroatoms. The number of nitrogens with zero attached hydrogens (tertiary/aromatic N) is 2. The molecule has 0 saturated heterocycles. The highest BCUT2D eigenvalue weighted by Gasteiger charge is 2.12. The van der Waals surface area contributed by atoms with Crippen LogP contribution in [-0.4, -0.2) is 10.9 Å². The van der Waals surface area contributed by atoms with Crippen molar-refractivity contribution in [3.05, 3.63) is 74.8 Å². The summed E-state index contributed by atoms with van der Waals surface area (Å²) in [7, 11) is 0. The number of nitro benzene ring substituents is 1. The summed E-state index contributed by atoms with van der Waals surface area (Å²) in [5.41, 5.74) is 1.04. The average Bonchev–Trinajstić information content (AvgIpc) is 2.55. The smallest absolute Gasteiger partial charge is 0.336 e. The first kappa shape index (κ1) is 16.2. The number of halogens is 1. The van der Waals surface area contributed by atoms with Crippen molar-refractivity contribution in [3.63, 3.8) is 0 Å². The van der Waals surface area contributed by atoms with E-state index >= 15 is 0 Å². The highest BCUT2D eigenvalue weighted by atomic mass is 35.5. The Bertz CT molecular complexity index is 823. The van der Waals surface area contributed by atoms with E-state index in [4.69, 9.17) is 21.6 Å². The van der Waals surface area contributed by atoms with E-state index in [0.29, 0.717) is 5.56 Å². The van der Waals surface area contributed by atoms with Gasteiger partial charge in [-0.25, -0.2) is 4.79 Å². The molecule has 0 aromatic heterocycles. The van der Waals surface area contributed by atoms with E-state index in [9.17, 15) is 14.9 Å². The summed E-state index contributed by atoms with van der Waals surface area (Å²) in [5, 5.41) is 19.3. The Morgan fingerprint density at radius 1 is 1.26 bits per heavy atom. The van der Waals surface area contributed by atoms with Gasteiger partial charge in [0.05, 0.1) is 21.6 Å². The molecule has 2 aromatic rings. The lowest BCUT2D eigenvalue weighted by molar-refractivity contribution is -0.384. The maximum absolute atomic E-state index is 11.7. The third kappa shape index (κ3) is 4.40. The molecule has 0 spiro atoms. The molecule has 0 amide bonds. The van der Waals surface area contributed by atoms with Gasteiger partial charge in [-0.05, 0) is 29.8 Å². The van der Waals surface area contributed by atoms with Crippen molar-refractivity contribution in [2.45, 2.75) is 0 Å². The second-order valence-corrected chi connectivity index (χ2v) is 4.77. The van der Waals surface area contributed by atoms with Gasteiger partial charge >= 0.3 is 5.97 Å². The van der Waals surface area contributed by atoms with Crippen LogP contribution in [0, 0.1) is 21.4 Å². The van der Waals surface area contributed by atoms with Crippen LogP contribution in [0.1, 0.15) is 11.1 Å². The molecule has 0 radical (unpaired) electrons. The molecule has 0 aliphatic heterocycles. The summed E-state index contributed by atoms with van der Waals surface area (Å²) >= 11 is 5.83. The Labute approximate surface area is 136 Å². The van der Waals surface area contributed by atoms with Crippen LogP contribution in [0.25, 0.3) is 6.08 Å². The molecule has 2 aromatic carbocycles. The zero-order valence-corrected chi connectivity index (χ0v) is 12.4. The van der Waals surface area contributed by atoms with Crippen LogP contribution in [0.15, 0.2) is 48.5 Å². The lowest BCUT2D eigenvalue weighted by atomic mass is 10.1. The molecule has 0 saturated carbocycles. The molecule has 0 N–H and O–H groups in total. The maximum atomic E-state index is 11.7. The SMILES string of the molecule is N#Cc1ccc(/C=C/C(=O)Oc2ccc([N+](=O)[O-])cc2Cl)cc1. The highest BCUT2D eigenvalue weighted by molar-refractivity contribution is 6.32. The summed E-state index contributed by atoms with van der Waals surface area (Å²) < 4.78 is 5.01. The fraction of sp³-hybridized carbons (Fsp3) is 0. The van der Waals surface area contributed by atoms with Gasteiger partial charge in [0, 0.05) is 18.2 Å². The number of ether oxygens (including phenoxy) is 1. The molecular weight excluding hydrogens is 320 g/mol. The summed E-state index contributed by atoms with van der Waals surface area (Å²) in [5.74, 6) is -0.642. The van der Waals surface area contributed by atoms with E-state index in [1.54, 1.807) is 24.3 Å². The molecule has 2 rings (SSSR count). The fourth-order valence-corrected chi connectivity index (χ4v) is 1.87. The number of hydrogen-bond donors (Lipinski definition) is 0. The summed E-state index contributed by atoms with van der Waals surface area (Å²) in [6.45, 7) is 0. The second-order valence-electron chi connectivity index (χ2n) is 4.36. The number of benzene rings is 2. The zero-order chi connectivity index (χ0) is 16.8. The molecule has 0 bridgehead atoms. The van der Waals surface area contributed by atoms with Gasteiger partial charge < -0.3 is 4.74 Å². The molecule has 0 aliphatic rings. The fourth-order valence-electron chi connectivity index (χ4n) is 1.66. The van der Waals surface area contributed by atoms with Crippen LogP contribution in [0.2, 0.25) is 5.02 Å². The standard InChI is InChI=1S/C16H9ClN2O4/c17-14-9-13(19(21)22)6-7-15(14)23-16(20)8-5-11-1-3-12(10-18)4-2-11/h1-9H/b8-5+. The minimum atomic E-state index is -0.676. The van der Waals surface area contributed by atoms with Crippen molar-refractivity contribution in [1.29, 1.82) is 5.26 Å². The topological polar surface area (TPSA) is 93.2 Å². The summed E-state index contributed by atoms with van der Waals surface area (Å²) in [6, 6.07) is 12.2. The first-order chi connectivity index (χ1) is 11.0. The molecule has 0 atom stereocenters. The van der Waals surface area contributed by atoms with Gasteiger partial charge in [0.1, 0.15) is 5.75 Å². The van der Waals surface area contributed by atoms with Gasteiger partial charge in [-0.15, -0.1) is 0 Å². The van der Waals surface area contributed by atoms with E-state index in [0.717, 1.165) is 11.6 Å². The molecule has 0 aliphatic carbocycles. The minimum absolute atomic E-state index is 0.0284. The van der Waals surface area contributed by atoms with E-state index in [1.165, 1.54) is 24.3 Å². The quantitative estimate of drug-likeness (QED) is 0.280. The zero-order valence-electron chi connectivity index (χ0n) is 11.6. The summed E-state index contributed by atoms with van der Waals surface area (Å²) in [4.78, 5) is 21.7. The monoisotopic (exact) mass is 328 g/mol. The van der Waals surface area contributed by atoms with Crippen LogP contribution in [0.5, 0.6) is 5.75 Å². The third-order valence-corrected chi connectivity index (χ3v) is 3.08. The molecule has 23 heavy (non-hydrogen) atoms. The van der Waals surface area contributed by atoms with E-state index in [-0.39, 0.29) is 16.5 Å². The maximum Gasteiger partial charge on any atom is 0.336 e. The van der Waals surface area contributed by atoms with E-state index in [1.807, 2.05) is 6.07 Å². The number of nitriles is 1. The number of nitro groups is 1. The van der Waals surface area contributed by atoms with Crippen molar-refractivity contribution in [2.75, 3.05) is 0 Å². The number of carbonyl (C=O) groups excluding carboxylic acids is 1. The Hall–Kier alpha value is -3.17. The average molecular weight is 329 g/mol.